The molecule has 0 atom stereocenters. The van der Waals surface area contributed by atoms with Gasteiger partial charge in [0.05, 0.1) is 6.07 Å². The first-order chi connectivity index (χ1) is 8.26. The van der Waals surface area contributed by atoms with E-state index in [0.717, 1.165) is 30.4 Å². The van der Waals surface area contributed by atoms with Crippen LogP contribution in [0.25, 0.3) is 0 Å². The Morgan fingerprint density at radius 1 is 1.18 bits per heavy atom. The highest BCUT2D eigenvalue weighted by Crippen LogP contribution is 2.42. The largest absolute Gasteiger partial charge is 0.239 e. The van der Waals surface area contributed by atoms with E-state index in [4.69, 9.17) is 5.26 Å². The Morgan fingerprint density at radius 3 is 2.59 bits per heavy atom. The molecule has 0 bridgehead atoms. The molecule has 2 heteroatoms. The van der Waals surface area contributed by atoms with Gasteiger partial charge in [0.15, 0.2) is 0 Å². The van der Waals surface area contributed by atoms with E-state index in [1.165, 1.54) is 0 Å². The molecule has 0 N–H and O–H groups in total. The fourth-order valence-corrected chi connectivity index (χ4v) is 2.75. The Morgan fingerprint density at radius 2 is 1.88 bits per heavy atom. The standard InChI is InChI=1S/C15H18FN/c16-15(10-4-1-5-11-15)14-9-3-2-7-13(14)8-6-12-17/h2-3,7,9H,1,4-6,8,10-11H2. The van der Waals surface area contributed by atoms with E-state index in [1.807, 2.05) is 24.3 Å². The number of rotatable bonds is 3. The van der Waals surface area contributed by atoms with Crippen molar-refractivity contribution in [2.75, 3.05) is 0 Å². The minimum Gasteiger partial charge on any atom is -0.239 e. The molecule has 1 aromatic rings. The van der Waals surface area contributed by atoms with Crippen molar-refractivity contribution >= 4 is 0 Å². The highest BCUT2D eigenvalue weighted by atomic mass is 19.1. The van der Waals surface area contributed by atoms with E-state index in [-0.39, 0.29) is 0 Å². The van der Waals surface area contributed by atoms with E-state index in [1.54, 1.807) is 0 Å². The first kappa shape index (κ1) is 12.1. The maximum atomic E-state index is 14.9. The third kappa shape index (κ3) is 2.66. The molecule has 0 amide bonds. The number of halogens is 1. The monoisotopic (exact) mass is 231 g/mol. The molecule has 0 aliphatic heterocycles. The van der Waals surface area contributed by atoms with Crippen molar-refractivity contribution in [1.29, 1.82) is 5.26 Å². The van der Waals surface area contributed by atoms with Gasteiger partial charge in [-0.2, -0.15) is 5.26 Å². The summed E-state index contributed by atoms with van der Waals surface area (Å²) in [6.45, 7) is 0. The molecule has 0 spiro atoms. The van der Waals surface area contributed by atoms with Crippen molar-refractivity contribution < 1.29 is 4.39 Å². The Hall–Kier alpha value is -1.36. The number of hydrogen-bond donors (Lipinski definition) is 0. The van der Waals surface area contributed by atoms with Crippen LogP contribution >= 0.6 is 0 Å². The van der Waals surface area contributed by atoms with E-state index < -0.39 is 5.67 Å². The van der Waals surface area contributed by atoms with Gasteiger partial charge in [0.25, 0.3) is 0 Å². The highest BCUT2D eigenvalue weighted by molar-refractivity contribution is 5.33. The lowest BCUT2D eigenvalue weighted by molar-refractivity contribution is 0.105. The van der Waals surface area contributed by atoms with Gasteiger partial charge in [-0.25, -0.2) is 4.39 Å². The topological polar surface area (TPSA) is 23.8 Å². The molecule has 17 heavy (non-hydrogen) atoms. The summed E-state index contributed by atoms with van der Waals surface area (Å²) in [5.41, 5.74) is 0.693. The second kappa shape index (κ2) is 5.31. The zero-order chi connectivity index (χ0) is 12.1. The molecular weight excluding hydrogens is 213 g/mol. The lowest BCUT2D eigenvalue weighted by Crippen LogP contribution is -2.24. The van der Waals surface area contributed by atoms with Crippen LogP contribution in [-0.2, 0) is 12.1 Å². The van der Waals surface area contributed by atoms with Gasteiger partial charge in [-0.15, -0.1) is 0 Å². The third-order valence-corrected chi connectivity index (χ3v) is 3.65. The third-order valence-electron chi connectivity index (χ3n) is 3.65. The van der Waals surface area contributed by atoms with Crippen molar-refractivity contribution in [1.82, 2.24) is 0 Å². The number of nitrogens with zero attached hydrogens (tertiary/aromatic N) is 1. The molecule has 1 aromatic carbocycles. The molecule has 1 fully saturated rings. The molecule has 1 aliphatic rings. The summed E-state index contributed by atoms with van der Waals surface area (Å²) < 4.78 is 14.9. The second-order valence-electron chi connectivity index (χ2n) is 4.84. The summed E-state index contributed by atoms with van der Waals surface area (Å²) in [7, 11) is 0. The van der Waals surface area contributed by atoms with Gasteiger partial charge in [0.1, 0.15) is 5.67 Å². The van der Waals surface area contributed by atoms with E-state index in [9.17, 15) is 4.39 Å². The van der Waals surface area contributed by atoms with Crippen LogP contribution in [0.15, 0.2) is 24.3 Å². The molecule has 0 radical (unpaired) electrons. The van der Waals surface area contributed by atoms with E-state index in [2.05, 4.69) is 6.07 Å². The van der Waals surface area contributed by atoms with Crippen LogP contribution in [0.4, 0.5) is 4.39 Å². The average molecular weight is 231 g/mol. The predicted molar refractivity (Wildman–Crippen MR) is 66.2 cm³/mol. The Labute approximate surface area is 102 Å². The molecule has 1 saturated carbocycles. The van der Waals surface area contributed by atoms with Gasteiger partial charge in [-0.1, -0.05) is 30.7 Å². The molecule has 2 rings (SSSR count). The minimum atomic E-state index is -1.15. The number of aryl methyl sites for hydroxylation is 1. The smallest absolute Gasteiger partial charge is 0.136 e. The molecule has 0 heterocycles. The molecule has 0 saturated heterocycles. The summed E-state index contributed by atoms with van der Waals surface area (Å²) in [5.74, 6) is 0. The number of alkyl halides is 1. The lowest BCUT2D eigenvalue weighted by Gasteiger charge is -2.31. The van der Waals surface area contributed by atoms with Crippen molar-refractivity contribution in [3.63, 3.8) is 0 Å². The first-order valence-corrected chi connectivity index (χ1v) is 6.40. The highest BCUT2D eigenvalue weighted by Gasteiger charge is 2.34. The predicted octanol–water partition coefficient (Wildman–Crippen LogP) is 4.27. The van der Waals surface area contributed by atoms with Crippen LogP contribution < -0.4 is 0 Å². The molecule has 0 aromatic heterocycles. The van der Waals surface area contributed by atoms with Crippen LogP contribution in [0.5, 0.6) is 0 Å². The van der Waals surface area contributed by atoms with Crippen molar-refractivity contribution in [3.8, 4) is 6.07 Å². The molecule has 90 valence electrons. The number of hydrogen-bond acceptors (Lipinski definition) is 1. The van der Waals surface area contributed by atoms with Crippen LogP contribution in [-0.4, -0.2) is 0 Å². The number of nitriles is 1. The molecular formula is C15H18FN. The van der Waals surface area contributed by atoms with Gasteiger partial charge in [0.2, 0.25) is 0 Å². The van der Waals surface area contributed by atoms with Gasteiger partial charge >= 0.3 is 0 Å². The zero-order valence-electron chi connectivity index (χ0n) is 10.1. The van der Waals surface area contributed by atoms with Crippen LogP contribution in [0.2, 0.25) is 0 Å². The summed E-state index contributed by atoms with van der Waals surface area (Å²) in [5, 5.41) is 8.65. The van der Waals surface area contributed by atoms with Crippen LogP contribution in [0.1, 0.15) is 49.7 Å². The van der Waals surface area contributed by atoms with Crippen molar-refractivity contribution in [2.45, 2.75) is 50.6 Å². The van der Waals surface area contributed by atoms with Crippen molar-refractivity contribution in [3.05, 3.63) is 35.4 Å². The number of benzene rings is 1. The van der Waals surface area contributed by atoms with Gasteiger partial charge < -0.3 is 0 Å². The zero-order valence-corrected chi connectivity index (χ0v) is 10.1. The van der Waals surface area contributed by atoms with Gasteiger partial charge in [0, 0.05) is 6.42 Å². The fourth-order valence-electron chi connectivity index (χ4n) is 2.75. The molecule has 1 aliphatic carbocycles. The van der Waals surface area contributed by atoms with Crippen molar-refractivity contribution in [2.24, 2.45) is 0 Å². The fraction of sp³-hybridized carbons (Fsp3) is 0.533. The van der Waals surface area contributed by atoms with Gasteiger partial charge in [-0.05, 0) is 43.2 Å². The SMILES string of the molecule is N#CCCc1ccccc1C1(F)CCCCC1. The Balaban J connectivity index is 2.27. The first-order valence-electron chi connectivity index (χ1n) is 6.40. The maximum absolute atomic E-state index is 14.9. The lowest BCUT2D eigenvalue weighted by atomic mass is 9.79. The van der Waals surface area contributed by atoms with Crippen LogP contribution in [0.3, 0.4) is 0 Å². The summed E-state index contributed by atoms with van der Waals surface area (Å²) in [6.07, 6.45) is 5.50. The summed E-state index contributed by atoms with van der Waals surface area (Å²) >= 11 is 0. The quantitative estimate of drug-likeness (QED) is 0.762. The Bertz CT molecular complexity index is 413. The summed E-state index contributed by atoms with van der Waals surface area (Å²) in [6, 6.07) is 9.83. The second-order valence-corrected chi connectivity index (χ2v) is 4.84. The van der Waals surface area contributed by atoms with Crippen LogP contribution in [0, 0.1) is 11.3 Å². The average Bonchev–Trinajstić information content (AvgIpc) is 2.37. The van der Waals surface area contributed by atoms with E-state index >= 15 is 0 Å². The van der Waals surface area contributed by atoms with Gasteiger partial charge in [-0.3, -0.25) is 0 Å². The molecule has 0 unspecified atom stereocenters. The maximum Gasteiger partial charge on any atom is 0.136 e. The van der Waals surface area contributed by atoms with E-state index in [0.29, 0.717) is 25.7 Å². The minimum absolute atomic E-state index is 0.465. The Kier molecular flexibility index (Phi) is 3.78. The normalized spacial score (nSPS) is 18.6. The summed E-state index contributed by atoms with van der Waals surface area (Å²) in [4.78, 5) is 0. The molecule has 1 nitrogen and oxygen atoms in total.